The number of nitrogens with one attached hydrogen (secondary N) is 1. The van der Waals surface area contributed by atoms with Crippen molar-refractivity contribution in [2.75, 3.05) is 38.7 Å². The molecule has 0 spiro atoms. The molecule has 1 N–H and O–H groups in total. The summed E-state index contributed by atoms with van der Waals surface area (Å²) in [5, 5.41) is 4.38. The van der Waals surface area contributed by atoms with E-state index in [-0.39, 0.29) is 23.3 Å². The van der Waals surface area contributed by atoms with E-state index >= 15 is 0 Å². The van der Waals surface area contributed by atoms with Gasteiger partial charge < -0.3 is 14.8 Å². The summed E-state index contributed by atoms with van der Waals surface area (Å²) in [6.45, 7) is 8.87. The summed E-state index contributed by atoms with van der Waals surface area (Å²) in [4.78, 5) is 33.0. The smallest absolute Gasteiger partial charge is 0.252 e. The highest BCUT2D eigenvalue weighted by atomic mass is 32.2. The van der Waals surface area contributed by atoms with Crippen molar-refractivity contribution in [2.45, 2.75) is 44.0 Å². The van der Waals surface area contributed by atoms with Crippen LogP contribution in [-0.2, 0) is 17.8 Å². The third kappa shape index (κ3) is 4.88. The van der Waals surface area contributed by atoms with Crippen molar-refractivity contribution >= 4 is 22.8 Å². The van der Waals surface area contributed by atoms with Gasteiger partial charge in [0, 0.05) is 56.8 Å². The van der Waals surface area contributed by atoms with E-state index in [1.165, 1.54) is 0 Å². The zero-order valence-electron chi connectivity index (χ0n) is 20.1. The molecule has 0 radical (unpaired) electrons. The molecule has 0 amide bonds. The molecule has 2 atom stereocenters. The summed E-state index contributed by atoms with van der Waals surface area (Å²) in [5.41, 5.74) is 1.61. The van der Waals surface area contributed by atoms with E-state index in [4.69, 9.17) is 9.47 Å². The largest absolute Gasteiger partial charge is 0.480 e. The zero-order chi connectivity index (χ0) is 24.4. The number of fused-ring (bicyclic) bond motifs is 1. The minimum Gasteiger partial charge on any atom is -0.480 e. The summed E-state index contributed by atoms with van der Waals surface area (Å²) >= 11 is 1.69. The second-order valence-corrected chi connectivity index (χ2v) is 9.63. The Labute approximate surface area is 208 Å². The molecule has 2 unspecified atom stereocenters. The minimum absolute atomic E-state index is 0.0544. The molecule has 3 aromatic rings. The first-order valence-electron chi connectivity index (χ1n) is 12.2. The molecule has 10 heteroatoms. The highest BCUT2D eigenvalue weighted by Gasteiger charge is 2.29. The number of thioether (sulfide) groups is 1. The highest BCUT2D eigenvalue weighted by molar-refractivity contribution is 7.99. The fourth-order valence-electron chi connectivity index (χ4n) is 4.96. The molecular formula is C25H31N5O4S. The fourth-order valence-corrected chi connectivity index (χ4v) is 5.75. The molecular weight excluding hydrogens is 466 g/mol. The van der Waals surface area contributed by atoms with Crippen LogP contribution in [0.3, 0.4) is 0 Å². The summed E-state index contributed by atoms with van der Waals surface area (Å²) in [6.07, 6.45) is 1.85. The molecule has 0 bridgehead atoms. The quantitative estimate of drug-likeness (QED) is 0.554. The average molecular weight is 498 g/mol. The molecule has 3 aliphatic heterocycles. The normalized spacial score (nSPS) is 20.9. The Morgan fingerprint density at radius 1 is 1.14 bits per heavy atom. The third-order valence-corrected chi connectivity index (χ3v) is 7.37. The molecule has 186 valence electrons. The average Bonchev–Trinajstić information content (AvgIpc) is 3.50. The third-order valence-electron chi connectivity index (χ3n) is 6.50. The van der Waals surface area contributed by atoms with Crippen LogP contribution in [0.1, 0.15) is 25.6 Å². The van der Waals surface area contributed by atoms with Gasteiger partial charge in [0.1, 0.15) is 11.6 Å². The Morgan fingerprint density at radius 3 is 2.83 bits per heavy atom. The van der Waals surface area contributed by atoms with Gasteiger partial charge in [-0.1, -0.05) is 25.6 Å². The second kappa shape index (κ2) is 10.5. The molecule has 3 aromatic heterocycles. The van der Waals surface area contributed by atoms with E-state index < -0.39 is 0 Å². The lowest BCUT2D eigenvalue weighted by atomic mass is 10.2. The maximum Gasteiger partial charge on any atom is 0.252 e. The lowest BCUT2D eigenvalue weighted by Gasteiger charge is -2.34. The Kier molecular flexibility index (Phi) is 7.24. The Balaban J connectivity index is 0.00000124. The SMILES string of the molecule is CC.O=c1ccc2ccc(=O)n3c2n1CC3CN1CCOC(CNCc2cc3c(cn2)OCS3)C1. The number of ether oxygens (including phenoxy) is 2. The summed E-state index contributed by atoms with van der Waals surface area (Å²) < 4.78 is 15.0. The van der Waals surface area contributed by atoms with E-state index in [0.717, 1.165) is 47.0 Å². The van der Waals surface area contributed by atoms with Crippen LogP contribution < -0.4 is 21.2 Å². The van der Waals surface area contributed by atoms with E-state index in [1.54, 1.807) is 51.4 Å². The van der Waals surface area contributed by atoms with Gasteiger partial charge >= 0.3 is 0 Å². The molecule has 6 rings (SSSR count). The van der Waals surface area contributed by atoms with Crippen LogP contribution in [0.25, 0.3) is 11.0 Å². The first-order valence-corrected chi connectivity index (χ1v) is 13.2. The fraction of sp³-hybridized carbons (Fsp3) is 0.480. The van der Waals surface area contributed by atoms with Gasteiger partial charge in [0.05, 0.1) is 35.5 Å². The van der Waals surface area contributed by atoms with E-state index in [2.05, 4.69) is 21.3 Å². The number of hydrogen-bond acceptors (Lipinski definition) is 8. The van der Waals surface area contributed by atoms with Crippen LogP contribution in [0.5, 0.6) is 5.75 Å². The number of hydrogen-bond donors (Lipinski definition) is 1. The second-order valence-electron chi connectivity index (χ2n) is 8.67. The number of morpholine rings is 1. The predicted molar refractivity (Wildman–Crippen MR) is 136 cm³/mol. The molecule has 1 fully saturated rings. The number of rotatable bonds is 6. The molecule has 0 saturated carbocycles. The number of nitrogens with zero attached hydrogens (tertiary/aromatic N) is 4. The molecule has 3 aliphatic rings. The van der Waals surface area contributed by atoms with Crippen LogP contribution in [0.4, 0.5) is 0 Å². The van der Waals surface area contributed by atoms with Crippen molar-refractivity contribution in [3.05, 3.63) is 62.9 Å². The maximum atomic E-state index is 12.7. The van der Waals surface area contributed by atoms with Gasteiger partial charge in [-0.25, -0.2) is 0 Å². The van der Waals surface area contributed by atoms with Crippen LogP contribution >= 0.6 is 11.8 Å². The molecule has 9 nitrogen and oxygen atoms in total. The number of aromatic nitrogens is 3. The first kappa shape index (κ1) is 24.1. The van der Waals surface area contributed by atoms with Gasteiger partial charge in [0.2, 0.25) is 0 Å². The van der Waals surface area contributed by atoms with Gasteiger partial charge in [0.15, 0.2) is 5.75 Å². The monoisotopic (exact) mass is 497 g/mol. The molecule has 1 saturated heterocycles. The van der Waals surface area contributed by atoms with Gasteiger partial charge in [-0.3, -0.25) is 28.6 Å². The first-order chi connectivity index (χ1) is 17.2. The van der Waals surface area contributed by atoms with Crippen molar-refractivity contribution < 1.29 is 9.47 Å². The van der Waals surface area contributed by atoms with E-state index in [9.17, 15) is 9.59 Å². The van der Waals surface area contributed by atoms with Gasteiger partial charge in [-0.2, -0.15) is 0 Å². The Hall–Kier alpha value is -2.66. The van der Waals surface area contributed by atoms with Crippen LogP contribution in [0, 0.1) is 0 Å². The van der Waals surface area contributed by atoms with Crippen molar-refractivity contribution in [1.82, 2.24) is 24.3 Å². The Morgan fingerprint density at radius 2 is 1.97 bits per heavy atom. The standard InChI is InChI=1S/C23H25N5O4S.C2H6/c29-21-3-1-15-2-4-22(30)28-17(12-27(21)23(15)28)11-26-5-6-31-18(13-26)9-24-8-16-7-20-19(10-25-16)32-14-33-20;1-2/h1-4,7,10,17-18,24H,5-6,8-9,11-14H2;1-2H3. The molecule has 6 heterocycles. The van der Waals surface area contributed by atoms with Crippen molar-refractivity contribution in [1.29, 1.82) is 0 Å². The van der Waals surface area contributed by atoms with Gasteiger partial charge in [-0.05, 0) is 18.2 Å². The zero-order valence-corrected chi connectivity index (χ0v) is 20.9. The van der Waals surface area contributed by atoms with Crippen molar-refractivity contribution in [3.63, 3.8) is 0 Å². The lowest BCUT2D eigenvalue weighted by Crippen LogP contribution is -2.48. The van der Waals surface area contributed by atoms with Gasteiger partial charge in [0.25, 0.3) is 11.1 Å². The summed E-state index contributed by atoms with van der Waals surface area (Å²) in [5.74, 6) is 1.52. The van der Waals surface area contributed by atoms with Crippen LogP contribution in [-0.4, -0.2) is 63.8 Å². The van der Waals surface area contributed by atoms with Crippen molar-refractivity contribution in [2.24, 2.45) is 0 Å². The van der Waals surface area contributed by atoms with Crippen LogP contribution in [0.15, 0.2) is 51.0 Å². The summed E-state index contributed by atoms with van der Waals surface area (Å²) in [7, 11) is 0. The topological polar surface area (TPSA) is 90.6 Å². The highest BCUT2D eigenvalue weighted by Crippen LogP contribution is 2.35. The van der Waals surface area contributed by atoms with E-state index in [0.29, 0.717) is 32.2 Å². The number of pyridine rings is 3. The molecule has 0 aliphatic carbocycles. The molecule has 0 aromatic carbocycles. The maximum absolute atomic E-state index is 12.7. The minimum atomic E-state index is -0.0571. The van der Waals surface area contributed by atoms with Crippen LogP contribution in [0.2, 0.25) is 0 Å². The van der Waals surface area contributed by atoms with Gasteiger partial charge in [-0.15, -0.1) is 0 Å². The molecule has 35 heavy (non-hydrogen) atoms. The van der Waals surface area contributed by atoms with Crippen molar-refractivity contribution in [3.8, 4) is 5.75 Å². The Bertz CT molecular complexity index is 1320. The summed E-state index contributed by atoms with van der Waals surface area (Å²) in [6, 6.07) is 8.79. The lowest BCUT2D eigenvalue weighted by molar-refractivity contribution is -0.0311. The predicted octanol–water partition coefficient (Wildman–Crippen LogP) is 2.07. The van der Waals surface area contributed by atoms with E-state index in [1.807, 2.05) is 13.8 Å².